The number of thioether (sulfide) groups is 1. The highest BCUT2D eigenvalue weighted by Crippen LogP contribution is 2.24. The summed E-state index contributed by atoms with van der Waals surface area (Å²) in [6, 6.07) is 7.25. The highest BCUT2D eigenvalue weighted by atomic mass is 32.2. The van der Waals surface area contributed by atoms with Crippen LogP contribution in [0.3, 0.4) is 0 Å². The second kappa shape index (κ2) is 7.61. The van der Waals surface area contributed by atoms with E-state index in [1.54, 1.807) is 23.9 Å². The lowest BCUT2D eigenvalue weighted by molar-refractivity contribution is -0.140. The number of rotatable bonds is 6. The third-order valence-electron chi connectivity index (χ3n) is 3.82. The first-order valence-electron chi connectivity index (χ1n) is 7.94. The zero-order chi connectivity index (χ0) is 18.7. The maximum absolute atomic E-state index is 12.4. The van der Waals surface area contributed by atoms with Crippen LogP contribution in [0.1, 0.15) is 13.3 Å². The van der Waals surface area contributed by atoms with Gasteiger partial charge in [-0.25, -0.2) is 9.67 Å². The van der Waals surface area contributed by atoms with Crippen LogP contribution in [0.2, 0.25) is 0 Å². The Bertz CT molecular complexity index is 981. The molecule has 1 atom stereocenters. The number of ether oxygens (including phenoxy) is 2. The highest BCUT2D eigenvalue weighted by molar-refractivity contribution is 8.00. The molecule has 0 saturated carbocycles. The summed E-state index contributed by atoms with van der Waals surface area (Å²) in [6.45, 7) is 1.87. The molecule has 1 N–H and O–H groups in total. The zero-order valence-corrected chi connectivity index (χ0v) is 15.4. The van der Waals surface area contributed by atoms with Crippen molar-refractivity contribution >= 4 is 28.8 Å². The average Bonchev–Trinajstić information content (AvgIpc) is 3.10. The number of benzene rings is 1. The predicted octanol–water partition coefficient (Wildman–Crippen LogP) is 2.16. The van der Waals surface area contributed by atoms with Crippen LogP contribution in [0.15, 0.2) is 40.4 Å². The first kappa shape index (κ1) is 18.0. The SMILES string of the molecule is CCC(Sc1nc2c(cnn2-c2ccc(OC)cc2)c(=O)[nH]1)C(=O)OC. The van der Waals surface area contributed by atoms with Crippen molar-refractivity contribution in [2.24, 2.45) is 0 Å². The van der Waals surface area contributed by atoms with Crippen LogP contribution < -0.4 is 10.3 Å². The van der Waals surface area contributed by atoms with Gasteiger partial charge in [0.05, 0.1) is 26.1 Å². The Kier molecular flexibility index (Phi) is 5.27. The topological polar surface area (TPSA) is 99.1 Å². The number of esters is 1. The molecule has 8 nitrogen and oxygen atoms in total. The van der Waals surface area contributed by atoms with Gasteiger partial charge in [0.25, 0.3) is 5.56 Å². The molecule has 1 unspecified atom stereocenters. The Hall–Kier alpha value is -2.81. The summed E-state index contributed by atoms with van der Waals surface area (Å²) in [5.74, 6) is 0.361. The molecule has 0 fully saturated rings. The first-order valence-corrected chi connectivity index (χ1v) is 8.82. The van der Waals surface area contributed by atoms with Gasteiger partial charge in [0.2, 0.25) is 0 Å². The number of hydrogen-bond acceptors (Lipinski definition) is 7. The van der Waals surface area contributed by atoms with E-state index in [1.165, 1.54) is 13.3 Å². The van der Waals surface area contributed by atoms with Crippen LogP contribution in [0.5, 0.6) is 5.75 Å². The average molecular weight is 374 g/mol. The van der Waals surface area contributed by atoms with Gasteiger partial charge in [-0.1, -0.05) is 18.7 Å². The fraction of sp³-hybridized carbons (Fsp3) is 0.294. The van der Waals surface area contributed by atoms with Gasteiger partial charge in [-0.2, -0.15) is 5.10 Å². The Labute approximate surface area is 153 Å². The van der Waals surface area contributed by atoms with E-state index < -0.39 is 5.25 Å². The molecule has 26 heavy (non-hydrogen) atoms. The standard InChI is InChI=1S/C17H18N4O4S/c1-4-13(16(23)25-3)26-17-19-14-12(15(22)20-17)9-18-21(14)10-5-7-11(24-2)8-6-10/h5-9,13H,4H2,1-3H3,(H,19,20,22). The zero-order valence-electron chi connectivity index (χ0n) is 14.6. The minimum Gasteiger partial charge on any atom is -0.497 e. The minimum atomic E-state index is -0.446. The van der Waals surface area contributed by atoms with Crippen molar-refractivity contribution in [3.8, 4) is 11.4 Å². The molecule has 9 heteroatoms. The molecule has 0 radical (unpaired) electrons. The maximum Gasteiger partial charge on any atom is 0.319 e. The molecule has 1 aromatic carbocycles. The molecule has 0 aliphatic carbocycles. The van der Waals surface area contributed by atoms with E-state index in [0.717, 1.165) is 23.2 Å². The molecule has 0 aliphatic heterocycles. The molecule has 2 aromatic heterocycles. The van der Waals surface area contributed by atoms with Gasteiger partial charge in [0.1, 0.15) is 16.4 Å². The highest BCUT2D eigenvalue weighted by Gasteiger charge is 2.21. The van der Waals surface area contributed by atoms with Crippen LogP contribution in [0, 0.1) is 0 Å². The van der Waals surface area contributed by atoms with Crippen molar-refractivity contribution in [2.45, 2.75) is 23.8 Å². The summed E-state index contributed by atoms with van der Waals surface area (Å²) in [6.07, 6.45) is 2.02. The molecular formula is C17H18N4O4S. The van der Waals surface area contributed by atoms with Crippen molar-refractivity contribution in [3.63, 3.8) is 0 Å². The number of carbonyl (C=O) groups excluding carboxylic acids is 1. The van der Waals surface area contributed by atoms with E-state index >= 15 is 0 Å². The van der Waals surface area contributed by atoms with Gasteiger partial charge in [-0.15, -0.1) is 0 Å². The van der Waals surface area contributed by atoms with Crippen molar-refractivity contribution in [3.05, 3.63) is 40.8 Å². The number of aromatic amines is 1. The molecule has 3 aromatic rings. The molecule has 2 heterocycles. The van der Waals surface area contributed by atoms with Crippen LogP contribution in [0.4, 0.5) is 0 Å². The second-order valence-corrected chi connectivity index (χ2v) is 6.59. The molecule has 0 bridgehead atoms. The molecular weight excluding hydrogens is 356 g/mol. The van der Waals surface area contributed by atoms with Gasteiger partial charge < -0.3 is 14.5 Å². The Morgan fingerprint density at radius 2 is 2.04 bits per heavy atom. The van der Waals surface area contributed by atoms with E-state index in [1.807, 2.05) is 19.1 Å². The van der Waals surface area contributed by atoms with Crippen molar-refractivity contribution < 1.29 is 14.3 Å². The van der Waals surface area contributed by atoms with Gasteiger partial charge in [-0.05, 0) is 30.7 Å². The van der Waals surface area contributed by atoms with Crippen molar-refractivity contribution in [1.82, 2.24) is 19.7 Å². The lowest BCUT2D eigenvalue weighted by Gasteiger charge is -2.11. The Morgan fingerprint density at radius 1 is 1.31 bits per heavy atom. The molecule has 0 spiro atoms. The molecule has 0 aliphatic rings. The molecule has 0 saturated heterocycles. The lowest BCUT2D eigenvalue weighted by Crippen LogP contribution is -2.19. The van der Waals surface area contributed by atoms with Crippen LogP contribution in [-0.4, -0.2) is 45.2 Å². The molecule has 0 amide bonds. The summed E-state index contributed by atoms with van der Waals surface area (Å²) in [5.41, 5.74) is 0.855. The monoisotopic (exact) mass is 374 g/mol. The van der Waals surface area contributed by atoms with Gasteiger partial charge in [0.15, 0.2) is 10.8 Å². The number of carbonyl (C=O) groups is 1. The largest absolute Gasteiger partial charge is 0.497 e. The van der Waals surface area contributed by atoms with E-state index in [-0.39, 0.29) is 11.5 Å². The number of nitrogens with one attached hydrogen (secondary N) is 1. The smallest absolute Gasteiger partial charge is 0.319 e. The van der Waals surface area contributed by atoms with E-state index in [0.29, 0.717) is 22.6 Å². The lowest BCUT2D eigenvalue weighted by atomic mass is 10.3. The first-order chi connectivity index (χ1) is 12.6. The Morgan fingerprint density at radius 3 is 2.65 bits per heavy atom. The number of hydrogen-bond donors (Lipinski definition) is 1. The van der Waals surface area contributed by atoms with Crippen LogP contribution in [0.25, 0.3) is 16.7 Å². The summed E-state index contributed by atoms with van der Waals surface area (Å²) >= 11 is 1.16. The second-order valence-electron chi connectivity index (χ2n) is 5.40. The summed E-state index contributed by atoms with van der Waals surface area (Å²) in [7, 11) is 2.93. The fourth-order valence-corrected chi connectivity index (χ4v) is 3.35. The van der Waals surface area contributed by atoms with Gasteiger partial charge in [-0.3, -0.25) is 9.59 Å². The summed E-state index contributed by atoms with van der Waals surface area (Å²) in [5, 5.41) is 4.53. The number of aromatic nitrogens is 4. The van der Waals surface area contributed by atoms with Gasteiger partial charge >= 0.3 is 5.97 Å². The summed E-state index contributed by atoms with van der Waals surface area (Å²) in [4.78, 5) is 31.3. The third-order valence-corrected chi connectivity index (χ3v) is 5.05. The number of methoxy groups -OCH3 is 2. The van der Waals surface area contributed by atoms with E-state index in [2.05, 4.69) is 15.1 Å². The summed E-state index contributed by atoms with van der Waals surface area (Å²) < 4.78 is 11.5. The number of nitrogens with zero attached hydrogens (tertiary/aromatic N) is 3. The quantitative estimate of drug-likeness (QED) is 0.401. The van der Waals surface area contributed by atoms with Crippen molar-refractivity contribution in [1.29, 1.82) is 0 Å². The van der Waals surface area contributed by atoms with E-state index in [4.69, 9.17) is 9.47 Å². The van der Waals surface area contributed by atoms with Crippen LogP contribution >= 0.6 is 11.8 Å². The predicted molar refractivity (Wildman–Crippen MR) is 98.0 cm³/mol. The van der Waals surface area contributed by atoms with Crippen molar-refractivity contribution in [2.75, 3.05) is 14.2 Å². The number of H-pyrrole nitrogens is 1. The van der Waals surface area contributed by atoms with Gasteiger partial charge in [0, 0.05) is 0 Å². The number of fused-ring (bicyclic) bond motifs is 1. The van der Waals surface area contributed by atoms with E-state index in [9.17, 15) is 9.59 Å². The molecule has 136 valence electrons. The minimum absolute atomic E-state index is 0.308. The third kappa shape index (κ3) is 3.43. The maximum atomic E-state index is 12.4. The molecule has 3 rings (SSSR count). The normalized spacial score (nSPS) is 12.1. The fourth-order valence-electron chi connectivity index (χ4n) is 2.43. The Balaban J connectivity index is 2.03. The van der Waals surface area contributed by atoms with Crippen LogP contribution in [-0.2, 0) is 9.53 Å².